The first-order chi connectivity index (χ1) is 16.6. The fourth-order valence-electron chi connectivity index (χ4n) is 3.58. The van der Waals surface area contributed by atoms with Crippen molar-refractivity contribution in [1.82, 2.24) is 25.1 Å². The van der Waals surface area contributed by atoms with Crippen molar-refractivity contribution in [3.63, 3.8) is 0 Å². The molecule has 5 rings (SSSR count). The minimum atomic E-state index is -0.500. The Kier molecular flexibility index (Phi) is 5.53. The van der Waals surface area contributed by atoms with Crippen LogP contribution in [0.2, 0.25) is 0 Å². The molecule has 2 heterocycles. The van der Waals surface area contributed by atoms with Crippen molar-refractivity contribution in [1.29, 1.82) is 0 Å². The minimum absolute atomic E-state index is 0.0506. The zero-order valence-electron chi connectivity index (χ0n) is 17.8. The monoisotopic (exact) mass is 454 g/mol. The summed E-state index contributed by atoms with van der Waals surface area (Å²) in [6.45, 7) is -0.149. The number of carbonyl (C=O) groups is 1. The summed E-state index contributed by atoms with van der Waals surface area (Å²) >= 11 is 0. The normalized spacial score (nSPS) is 10.9. The Balaban J connectivity index is 1.35. The van der Waals surface area contributed by atoms with Crippen LogP contribution < -0.4 is 10.1 Å². The van der Waals surface area contributed by atoms with Crippen molar-refractivity contribution >= 4 is 28.0 Å². The number of hydrogen-bond donors (Lipinski definition) is 1. The first-order valence-corrected chi connectivity index (χ1v) is 10.4. The lowest BCUT2D eigenvalue weighted by Crippen LogP contribution is -2.29. The number of rotatable bonds is 7. The van der Waals surface area contributed by atoms with E-state index in [0.717, 1.165) is 22.0 Å². The Morgan fingerprint density at radius 3 is 2.38 bits per heavy atom. The highest BCUT2D eigenvalue weighted by molar-refractivity contribution is 6.01. The topological polar surface area (TPSA) is 125 Å². The number of nitro benzene ring substituents is 1. The summed E-state index contributed by atoms with van der Waals surface area (Å²) in [6, 6.07) is 23.2. The SMILES string of the molecule is O=C(COc1ccc([N+](=O)[O-])cc1)NCc1nnc2c3ccccc3c(-c3ccccc3)nn12. The van der Waals surface area contributed by atoms with Gasteiger partial charge >= 0.3 is 0 Å². The predicted molar refractivity (Wildman–Crippen MR) is 124 cm³/mol. The van der Waals surface area contributed by atoms with E-state index >= 15 is 0 Å². The van der Waals surface area contributed by atoms with Gasteiger partial charge in [0.15, 0.2) is 18.1 Å². The molecule has 0 aliphatic rings. The summed E-state index contributed by atoms with van der Waals surface area (Å²) in [5.74, 6) is 0.454. The van der Waals surface area contributed by atoms with Crippen LogP contribution in [0.15, 0.2) is 78.9 Å². The first kappa shape index (κ1) is 21.0. The van der Waals surface area contributed by atoms with E-state index < -0.39 is 4.92 Å². The largest absolute Gasteiger partial charge is 0.484 e. The summed E-state index contributed by atoms with van der Waals surface area (Å²) in [6.07, 6.45) is 0. The maximum atomic E-state index is 12.3. The molecule has 0 aliphatic heterocycles. The Labute approximate surface area is 193 Å². The van der Waals surface area contributed by atoms with Crippen molar-refractivity contribution in [2.75, 3.05) is 6.61 Å². The van der Waals surface area contributed by atoms with Gasteiger partial charge in [-0.15, -0.1) is 10.2 Å². The lowest BCUT2D eigenvalue weighted by molar-refractivity contribution is -0.384. The van der Waals surface area contributed by atoms with Gasteiger partial charge in [-0.25, -0.2) is 0 Å². The third-order valence-corrected chi connectivity index (χ3v) is 5.24. The predicted octanol–water partition coefficient (Wildman–Crippen LogP) is 3.55. The quantitative estimate of drug-likeness (QED) is 0.294. The summed E-state index contributed by atoms with van der Waals surface area (Å²) in [4.78, 5) is 22.5. The molecule has 1 N–H and O–H groups in total. The summed E-state index contributed by atoms with van der Waals surface area (Å²) in [5.41, 5.74) is 2.30. The Morgan fingerprint density at radius 2 is 1.65 bits per heavy atom. The first-order valence-electron chi connectivity index (χ1n) is 10.4. The molecule has 0 bridgehead atoms. The number of nitrogens with one attached hydrogen (secondary N) is 1. The second-order valence-corrected chi connectivity index (χ2v) is 7.43. The van der Waals surface area contributed by atoms with E-state index in [2.05, 4.69) is 15.5 Å². The van der Waals surface area contributed by atoms with Crippen LogP contribution in [0.4, 0.5) is 5.69 Å². The molecule has 10 heteroatoms. The molecule has 0 radical (unpaired) electrons. The van der Waals surface area contributed by atoms with Gasteiger partial charge in [0.05, 0.1) is 17.2 Å². The molecule has 2 aromatic heterocycles. The molecule has 0 atom stereocenters. The molecular weight excluding hydrogens is 436 g/mol. The third kappa shape index (κ3) is 4.11. The van der Waals surface area contributed by atoms with Gasteiger partial charge in [-0.05, 0) is 12.1 Å². The van der Waals surface area contributed by atoms with Gasteiger partial charge in [0.25, 0.3) is 11.6 Å². The second-order valence-electron chi connectivity index (χ2n) is 7.43. The molecule has 0 spiro atoms. The molecule has 0 saturated carbocycles. The van der Waals surface area contributed by atoms with Gasteiger partial charge in [0.2, 0.25) is 0 Å². The van der Waals surface area contributed by atoms with Gasteiger partial charge in [0.1, 0.15) is 5.75 Å². The highest BCUT2D eigenvalue weighted by Gasteiger charge is 2.16. The standard InChI is InChI=1S/C24H18N6O4/c31-22(15-34-18-12-10-17(11-13-18)30(32)33)25-14-21-26-27-24-20-9-5-4-8-19(20)23(28-29(21)24)16-6-2-1-3-7-16/h1-13H,14-15H2,(H,25,31). The molecule has 34 heavy (non-hydrogen) atoms. The number of aromatic nitrogens is 4. The minimum Gasteiger partial charge on any atom is -0.484 e. The lowest BCUT2D eigenvalue weighted by atomic mass is 10.1. The molecule has 3 aromatic carbocycles. The van der Waals surface area contributed by atoms with Crippen LogP contribution in [-0.4, -0.2) is 37.2 Å². The number of non-ortho nitro benzene ring substituents is 1. The van der Waals surface area contributed by atoms with Crippen molar-refractivity contribution in [3.05, 3.63) is 94.8 Å². The van der Waals surface area contributed by atoms with Crippen LogP contribution in [0.1, 0.15) is 5.82 Å². The molecule has 1 amide bonds. The average molecular weight is 454 g/mol. The smallest absolute Gasteiger partial charge is 0.269 e. The molecule has 0 fully saturated rings. The maximum absolute atomic E-state index is 12.3. The number of nitro groups is 1. The molecule has 5 aromatic rings. The van der Waals surface area contributed by atoms with E-state index in [0.29, 0.717) is 17.2 Å². The van der Waals surface area contributed by atoms with Gasteiger partial charge < -0.3 is 10.1 Å². The third-order valence-electron chi connectivity index (χ3n) is 5.24. The lowest BCUT2D eigenvalue weighted by Gasteiger charge is -2.09. The maximum Gasteiger partial charge on any atom is 0.269 e. The number of fused-ring (bicyclic) bond motifs is 3. The van der Waals surface area contributed by atoms with Crippen LogP contribution >= 0.6 is 0 Å². The van der Waals surface area contributed by atoms with Crippen LogP contribution in [-0.2, 0) is 11.3 Å². The molecule has 0 aliphatic carbocycles. The van der Waals surface area contributed by atoms with E-state index in [1.165, 1.54) is 24.3 Å². The van der Waals surface area contributed by atoms with E-state index in [1.807, 2.05) is 54.6 Å². The fourth-order valence-corrected chi connectivity index (χ4v) is 3.58. The Hall–Kier alpha value is -4.86. The number of ether oxygens (including phenoxy) is 1. The number of nitrogens with zero attached hydrogens (tertiary/aromatic N) is 5. The zero-order chi connectivity index (χ0) is 23.5. The highest BCUT2D eigenvalue weighted by atomic mass is 16.6. The second kappa shape index (κ2) is 8.94. The van der Waals surface area contributed by atoms with Crippen molar-refractivity contribution in [2.24, 2.45) is 0 Å². The molecule has 168 valence electrons. The van der Waals surface area contributed by atoms with Gasteiger partial charge in [-0.3, -0.25) is 14.9 Å². The van der Waals surface area contributed by atoms with Crippen molar-refractivity contribution < 1.29 is 14.5 Å². The number of benzene rings is 3. The number of hydrogen-bond acceptors (Lipinski definition) is 7. The van der Waals surface area contributed by atoms with E-state index in [1.54, 1.807) is 4.52 Å². The molecule has 10 nitrogen and oxygen atoms in total. The molecule has 0 saturated heterocycles. The van der Waals surface area contributed by atoms with Crippen molar-refractivity contribution in [3.8, 4) is 17.0 Å². The highest BCUT2D eigenvalue weighted by Crippen LogP contribution is 2.28. The summed E-state index contributed by atoms with van der Waals surface area (Å²) in [5, 5.41) is 28.6. The summed E-state index contributed by atoms with van der Waals surface area (Å²) < 4.78 is 7.04. The van der Waals surface area contributed by atoms with Crippen molar-refractivity contribution in [2.45, 2.75) is 6.54 Å². The Bertz CT molecular complexity index is 1500. The van der Waals surface area contributed by atoms with Crippen LogP contribution in [0.25, 0.3) is 27.7 Å². The average Bonchev–Trinajstić information content (AvgIpc) is 3.29. The van der Waals surface area contributed by atoms with Gasteiger partial charge in [-0.2, -0.15) is 9.61 Å². The van der Waals surface area contributed by atoms with Crippen LogP contribution in [0.5, 0.6) is 5.75 Å². The zero-order valence-corrected chi connectivity index (χ0v) is 17.8. The van der Waals surface area contributed by atoms with E-state index in [9.17, 15) is 14.9 Å². The van der Waals surface area contributed by atoms with Crippen LogP contribution in [0.3, 0.4) is 0 Å². The van der Waals surface area contributed by atoms with E-state index in [4.69, 9.17) is 9.84 Å². The van der Waals surface area contributed by atoms with E-state index in [-0.39, 0.29) is 24.7 Å². The summed E-state index contributed by atoms with van der Waals surface area (Å²) in [7, 11) is 0. The number of amides is 1. The van der Waals surface area contributed by atoms with Gasteiger partial charge in [0, 0.05) is 28.5 Å². The van der Waals surface area contributed by atoms with Crippen LogP contribution in [0, 0.1) is 10.1 Å². The molecular formula is C24H18N6O4. The fraction of sp³-hybridized carbons (Fsp3) is 0.0833. The Morgan fingerprint density at radius 1 is 0.941 bits per heavy atom. The number of carbonyl (C=O) groups excluding carboxylic acids is 1. The molecule has 0 unspecified atom stereocenters. The van der Waals surface area contributed by atoms with Gasteiger partial charge in [-0.1, -0.05) is 54.6 Å².